The Morgan fingerprint density at radius 2 is 2.18 bits per heavy atom. The first-order chi connectivity index (χ1) is 8.22. The Balaban J connectivity index is 2.16. The molecule has 0 aliphatic heterocycles. The summed E-state index contributed by atoms with van der Waals surface area (Å²) in [7, 11) is 0. The lowest BCUT2D eigenvalue weighted by Crippen LogP contribution is -2.25. The van der Waals surface area contributed by atoms with Crippen molar-refractivity contribution in [3.05, 3.63) is 12.4 Å². The zero-order valence-corrected chi connectivity index (χ0v) is 11.3. The fourth-order valence-corrected chi connectivity index (χ4v) is 2.98. The lowest BCUT2D eigenvalue weighted by Gasteiger charge is -2.33. The van der Waals surface area contributed by atoms with E-state index in [1.165, 1.54) is 32.1 Å². The number of rotatable bonds is 4. The van der Waals surface area contributed by atoms with Gasteiger partial charge in [-0.1, -0.05) is 26.2 Å². The molecule has 1 heterocycles. The molecule has 1 aromatic heterocycles. The van der Waals surface area contributed by atoms with Crippen LogP contribution >= 0.6 is 0 Å². The normalized spacial score (nSPS) is 25.2. The quantitative estimate of drug-likeness (QED) is 0.859. The van der Waals surface area contributed by atoms with Crippen LogP contribution < -0.4 is 5.32 Å². The third kappa shape index (κ3) is 2.82. The van der Waals surface area contributed by atoms with Crippen molar-refractivity contribution in [1.82, 2.24) is 9.55 Å². The minimum Gasteiger partial charge on any atom is -0.353 e. The Morgan fingerprint density at radius 1 is 1.41 bits per heavy atom. The Hall–Kier alpha value is -0.990. The average Bonchev–Trinajstić information content (AvgIpc) is 2.76. The number of imidazole rings is 1. The predicted molar refractivity (Wildman–Crippen MR) is 72.3 cm³/mol. The van der Waals surface area contributed by atoms with Gasteiger partial charge >= 0.3 is 0 Å². The van der Waals surface area contributed by atoms with Crippen molar-refractivity contribution >= 4 is 5.95 Å². The fourth-order valence-electron chi connectivity index (χ4n) is 2.98. The van der Waals surface area contributed by atoms with Crippen molar-refractivity contribution in [1.29, 1.82) is 0 Å². The van der Waals surface area contributed by atoms with Gasteiger partial charge in [0.25, 0.3) is 0 Å². The van der Waals surface area contributed by atoms with Crippen LogP contribution in [0.2, 0.25) is 0 Å². The molecule has 0 spiro atoms. The zero-order chi connectivity index (χ0) is 12.3. The van der Waals surface area contributed by atoms with Gasteiger partial charge in [0.05, 0.1) is 0 Å². The van der Waals surface area contributed by atoms with Crippen molar-refractivity contribution in [3.63, 3.8) is 0 Å². The molecule has 96 valence electrons. The zero-order valence-electron chi connectivity index (χ0n) is 11.3. The molecule has 1 aromatic rings. The van der Waals surface area contributed by atoms with E-state index in [0.717, 1.165) is 11.9 Å². The molecule has 1 N–H and O–H groups in total. The number of aromatic nitrogens is 2. The molecule has 1 fully saturated rings. The molecule has 2 rings (SSSR count). The van der Waals surface area contributed by atoms with Crippen LogP contribution in [0.4, 0.5) is 5.95 Å². The average molecular weight is 235 g/mol. The van der Waals surface area contributed by atoms with Crippen molar-refractivity contribution in [2.75, 3.05) is 5.32 Å². The van der Waals surface area contributed by atoms with Gasteiger partial charge in [0.15, 0.2) is 0 Å². The number of nitrogens with zero attached hydrogens (tertiary/aromatic N) is 2. The summed E-state index contributed by atoms with van der Waals surface area (Å²) in [6.45, 7) is 6.64. The molecule has 1 saturated carbocycles. The van der Waals surface area contributed by atoms with Crippen LogP contribution in [-0.4, -0.2) is 15.6 Å². The van der Waals surface area contributed by atoms with Crippen molar-refractivity contribution in [3.8, 4) is 0 Å². The maximum Gasteiger partial charge on any atom is 0.203 e. The van der Waals surface area contributed by atoms with Gasteiger partial charge in [-0.05, 0) is 32.6 Å². The molecular formula is C14H25N3. The highest BCUT2D eigenvalue weighted by atomic mass is 15.2. The SMILES string of the molecule is CCC1CCCCC1n1ccnc1NC(C)C. The van der Waals surface area contributed by atoms with E-state index in [2.05, 4.69) is 41.8 Å². The van der Waals surface area contributed by atoms with Crippen LogP contribution in [0, 0.1) is 5.92 Å². The van der Waals surface area contributed by atoms with E-state index in [-0.39, 0.29) is 0 Å². The highest BCUT2D eigenvalue weighted by molar-refractivity contribution is 5.28. The summed E-state index contributed by atoms with van der Waals surface area (Å²) in [6.07, 6.45) is 10.8. The first-order valence-electron chi connectivity index (χ1n) is 7.01. The van der Waals surface area contributed by atoms with Gasteiger partial charge in [0.2, 0.25) is 5.95 Å². The lowest BCUT2D eigenvalue weighted by molar-refractivity contribution is 0.234. The van der Waals surface area contributed by atoms with Gasteiger partial charge < -0.3 is 9.88 Å². The topological polar surface area (TPSA) is 29.9 Å². The molecule has 2 atom stereocenters. The van der Waals surface area contributed by atoms with E-state index in [4.69, 9.17) is 0 Å². The number of nitrogens with one attached hydrogen (secondary N) is 1. The number of hydrogen-bond donors (Lipinski definition) is 1. The highest BCUT2D eigenvalue weighted by Gasteiger charge is 2.26. The molecule has 0 amide bonds. The van der Waals surface area contributed by atoms with Crippen molar-refractivity contribution < 1.29 is 0 Å². The predicted octanol–water partition coefficient (Wildman–Crippen LogP) is 3.84. The Labute approximate surface area is 105 Å². The molecular weight excluding hydrogens is 210 g/mol. The Bertz CT molecular complexity index is 343. The molecule has 0 aromatic carbocycles. The second-order valence-electron chi connectivity index (χ2n) is 5.48. The third-order valence-electron chi connectivity index (χ3n) is 3.84. The van der Waals surface area contributed by atoms with Crippen LogP contribution in [0.1, 0.15) is 58.9 Å². The van der Waals surface area contributed by atoms with Gasteiger partial charge in [-0.2, -0.15) is 0 Å². The maximum atomic E-state index is 4.45. The largest absolute Gasteiger partial charge is 0.353 e. The minimum atomic E-state index is 0.444. The van der Waals surface area contributed by atoms with E-state index in [9.17, 15) is 0 Å². The second kappa shape index (κ2) is 5.56. The molecule has 1 aliphatic carbocycles. The smallest absolute Gasteiger partial charge is 0.203 e. The molecule has 0 radical (unpaired) electrons. The summed E-state index contributed by atoms with van der Waals surface area (Å²) in [5.74, 6) is 1.87. The van der Waals surface area contributed by atoms with Crippen molar-refractivity contribution in [2.45, 2.75) is 65.0 Å². The van der Waals surface area contributed by atoms with Gasteiger partial charge in [-0.25, -0.2) is 4.98 Å². The maximum absolute atomic E-state index is 4.45. The Morgan fingerprint density at radius 3 is 2.88 bits per heavy atom. The summed E-state index contributed by atoms with van der Waals surface area (Å²) < 4.78 is 2.37. The molecule has 0 bridgehead atoms. The van der Waals surface area contributed by atoms with Crippen LogP contribution in [-0.2, 0) is 0 Å². The minimum absolute atomic E-state index is 0.444. The molecule has 3 heteroatoms. The molecule has 2 unspecified atom stereocenters. The van der Waals surface area contributed by atoms with Crippen LogP contribution in [0.25, 0.3) is 0 Å². The third-order valence-corrected chi connectivity index (χ3v) is 3.84. The van der Waals surface area contributed by atoms with Crippen molar-refractivity contribution in [2.24, 2.45) is 5.92 Å². The summed E-state index contributed by atoms with van der Waals surface area (Å²) >= 11 is 0. The summed E-state index contributed by atoms with van der Waals surface area (Å²) in [5.41, 5.74) is 0. The van der Waals surface area contributed by atoms with Crippen LogP contribution in [0.5, 0.6) is 0 Å². The Kier molecular flexibility index (Phi) is 4.08. The number of anilines is 1. The summed E-state index contributed by atoms with van der Waals surface area (Å²) in [5, 5.41) is 3.45. The number of hydrogen-bond acceptors (Lipinski definition) is 2. The van der Waals surface area contributed by atoms with E-state index >= 15 is 0 Å². The molecule has 3 nitrogen and oxygen atoms in total. The monoisotopic (exact) mass is 235 g/mol. The molecule has 1 aliphatic rings. The van der Waals surface area contributed by atoms with Gasteiger partial charge in [0.1, 0.15) is 0 Å². The highest BCUT2D eigenvalue weighted by Crippen LogP contribution is 2.37. The second-order valence-corrected chi connectivity index (χ2v) is 5.48. The van der Waals surface area contributed by atoms with Crippen LogP contribution in [0.15, 0.2) is 12.4 Å². The van der Waals surface area contributed by atoms with E-state index in [1.807, 2.05) is 6.20 Å². The molecule has 17 heavy (non-hydrogen) atoms. The van der Waals surface area contributed by atoms with Gasteiger partial charge in [0, 0.05) is 24.5 Å². The first kappa shape index (κ1) is 12.5. The van der Waals surface area contributed by atoms with Crippen LogP contribution in [0.3, 0.4) is 0 Å². The lowest BCUT2D eigenvalue weighted by atomic mass is 9.83. The molecule has 0 saturated heterocycles. The van der Waals surface area contributed by atoms with Gasteiger partial charge in [-0.3, -0.25) is 0 Å². The van der Waals surface area contributed by atoms with E-state index in [0.29, 0.717) is 12.1 Å². The standard InChI is InChI=1S/C14H25N3/c1-4-12-7-5-6-8-13(12)17-10-9-15-14(17)16-11(2)3/h9-13H,4-8H2,1-3H3,(H,15,16). The summed E-state index contributed by atoms with van der Waals surface area (Å²) in [4.78, 5) is 4.45. The summed E-state index contributed by atoms with van der Waals surface area (Å²) in [6, 6.07) is 1.09. The fraction of sp³-hybridized carbons (Fsp3) is 0.786. The first-order valence-corrected chi connectivity index (χ1v) is 7.01. The van der Waals surface area contributed by atoms with E-state index in [1.54, 1.807) is 0 Å². The van der Waals surface area contributed by atoms with Gasteiger partial charge in [-0.15, -0.1) is 0 Å². The van der Waals surface area contributed by atoms with E-state index < -0.39 is 0 Å².